The first-order valence-corrected chi connectivity index (χ1v) is 11.3. The van der Waals surface area contributed by atoms with Crippen LogP contribution < -0.4 is 5.32 Å². The van der Waals surface area contributed by atoms with Crippen LogP contribution in [0.3, 0.4) is 0 Å². The molecule has 2 rings (SSSR count). The minimum Gasteiger partial charge on any atom is -0.352 e. The molecule has 0 unspecified atom stereocenters. The lowest BCUT2D eigenvalue weighted by atomic mass is 10.1. The predicted octanol–water partition coefficient (Wildman–Crippen LogP) is 4.75. The third-order valence-electron chi connectivity index (χ3n) is 3.96. The van der Waals surface area contributed by atoms with Gasteiger partial charge in [-0.25, -0.2) is 0 Å². The number of hydrogen-bond donors (Lipinski definition) is 1. The lowest BCUT2D eigenvalue weighted by Crippen LogP contribution is -2.39. The molecule has 1 aromatic rings. The Morgan fingerprint density at radius 2 is 1.96 bits per heavy atom. The first-order chi connectivity index (χ1) is 11.2. The second kappa shape index (κ2) is 10.6. The predicted molar refractivity (Wildman–Crippen MR) is 100 cm³/mol. The van der Waals surface area contributed by atoms with Crippen LogP contribution >= 0.6 is 34.9 Å². The molecule has 0 bridgehead atoms. The van der Waals surface area contributed by atoms with Gasteiger partial charge in [-0.3, -0.25) is 4.79 Å². The summed E-state index contributed by atoms with van der Waals surface area (Å²) in [6, 6.07) is 0.364. The summed E-state index contributed by atoms with van der Waals surface area (Å²) >= 11 is 4.89. The van der Waals surface area contributed by atoms with Gasteiger partial charge in [-0.05, 0) is 26.2 Å². The van der Waals surface area contributed by atoms with E-state index in [-0.39, 0.29) is 11.2 Å². The number of hydrogen-bond acceptors (Lipinski definition) is 6. The van der Waals surface area contributed by atoms with Crippen LogP contribution in [0.15, 0.2) is 8.68 Å². The Kier molecular flexibility index (Phi) is 8.76. The van der Waals surface area contributed by atoms with Crippen molar-refractivity contribution in [3.05, 3.63) is 0 Å². The van der Waals surface area contributed by atoms with Crippen LogP contribution in [0.25, 0.3) is 0 Å². The fourth-order valence-corrected chi connectivity index (χ4v) is 5.88. The zero-order valence-electron chi connectivity index (χ0n) is 14.0. The van der Waals surface area contributed by atoms with Crippen LogP contribution in [0.1, 0.15) is 65.2 Å². The van der Waals surface area contributed by atoms with Crippen LogP contribution in [0, 0.1) is 0 Å². The molecular weight excluding hydrogens is 346 g/mol. The normalized spacial score (nSPS) is 17.7. The maximum absolute atomic E-state index is 12.4. The fraction of sp³-hybridized carbons (Fsp3) is 0.812. The third kappa shape index (κ3) is 7.01. The molecule has 130 valence electrons. The summed E-state index contributed by atoms with van der Waals surface area (Å²) in [5, 5.41) is 11.5. The van der Waals surface area contributed by atoms with Gasteiger partial charge in [-0.1, -0.05) is 73.9 Å². The lowest BCUT2D eigenvalue weighted by molar-refractivity contribution is -0.121. The van der Waals surface area contributed by atoms with Crippen molar-refractivity contribution < 1.29 is 4.79 Å². The largest absolute Gasteiger partial charge is 0.352 e. The summed E-state index contributed by atoms with van der Waals surface area (Å²) in [6.07, 6.45) is 9.74. The molecule has 1 aliphatic rings. The Balaban J connectivity index is 1.76. The van der Waals surface area contributed by atoms with E-state index in [0.717, 1.165) is 27.3 Å². The Morgan fingerprint density at radius 3 is 2.65 bits per heavy atom. The maximum atomic E-state index is 12.4. The molecule has 1 fully saturated rings. The van der Waals surface area contributed by atoms with Gasteiger partial charge in [0.25, 0.3) is 0 Å². The average Bonchev–Trinajstić information content (AvgIpc) is 2.81. The molecule has 0 radical (unpaired) electrons. The molecule has 1 atom stereocenters. The van der Waals surface area contributed by atoms with Crippen molar-refractivity contribution in [2.75, 3.05) is 5.75 Å². The van der Waals surface area contributed by atoms with E-state index < -0.39 is 0 Å². The summed E-state index contributed by atoms with van der Waals surface area (Å²) in [4.78, 5) is 12.4. The molecule has 23 heavy (non-hydrogen) atoms. The molecule has 1 aromatic heterocycles. The highest BCUT2D eigenvalue weighted by molar-refractivity contribution is 8.03. The van der Waals surface area contributed by atoms with Crippen LogP contribution in [0.5, 0.6) is 0 Å². The SMILES string of the molecule is CCCCSc1nnc(S[C@H](C)C(=O)NC2CCCCCC2)s1. The van der Waals surface area contributed by atoms with Gasteiger partial charge >= 0.3 is 0 Å². The molecule has 0 spiro atoms. The minimum atomic E-state index is -0.111. The number of rotatable bonds is 8. The van der Waals surface area contributed by atoms with Gasteiger partial charge in [-0.15, -0.1) is 10.2 Å². The average molecular weight is 374 g/mol. The van der Waals surface area contributed by atoms with Crippen molar-refractivity contribution in [3.8, 4) is 0 Å². The van der Waals surface area contributed by atoms with Crippen LogP contribution in [-0.4, -0.2) is 33.1 Å². The molecule has 4 nitrogen and oxygen atoms in total. The van der Waals surface area contributed by atoms with Crippen molar-refractivity contribution >= 4 is 40.8 Å². The van der Waals surface area contributed by atoms with Crippen molar-refractivity contribution in [1.29, 1.82) is 0 Å². The highest BCUT2D eigenvalue weighted by Crippen LogP contribution is 2.31. The van der Waals surface area contributed by atoms with Gasteiger partial charge in [0.15, 0.2) is 8.68 Å². The second-order valence-electron chi connectivity index (χ2n) is 5.99. The molecule has 1 amide bonds. The summed E-state index contributed by atoms with van der Waals surface area (Å²) < 4.78 is 1.91. The van der Waals surface area contributed by atoms with E-state index in [2.05, 4.69) is 22.4 Å². The van der Waals surface area contributed by atoms with Gasteiger partial charge in [0.05, 0.1) is 5.25 Å². The zero-order valence-corrected chi connectivity index (χ0v) is 16.5. The standard InChI is InChI=1S/C16H27N3OS3/c1-3-4-11-21-15-18-19-16(23-15)22-12(2)14(20)17-13-9-7-5-6-8-10-13/h12-13H,3-11H2,1-2H3,(H,17,20)/t12-/m1/s1. The van der Waals surface area contributed by atoms with Crippen molar-refractivity contribution in [2.24, 2.45) is 0 Å². The molecule has 7 heteroatoms. The minimum absolute atomic E-state index is 0.111. The van der Waals surface area contributed by atoms with Gasteiger partial charge in [-0.2, -0.15) is 0 Å². The summed E-state index contributed by atoms with van der Waals surface area (Å²) in [5.74, 6) is 1.23. The van der Waals surface area contributed by atoms with E-state index >= 15 is 0 Å². The molecule has 1 heterocycles. The maximum Gasteiger partial charge on any atom is 0.233 e. The van der Waals surface area contributed by atoms with Gasteiger partial charge in [0.2, 0.25) is 5.91 Å². The van der Waals surface area contributed by atoms with Crippen LogP contribution in [0.4, 0.5) is 0 Å². The highest BCUT2D eigenvalue weighted by atomic mass is 32.2. The lowest BCUT2D eigenvalue weighted by Gasteiger charge is -2.18. The monoisotopic (exact) mass is 373 g/mol. The summed E-state index contributed by atoms with van der Waals surface area (Å²) in [6.45, 7) is 4.15. The van der Waals surface area contributed by atoms with E-state index in [1.165, 1.54) is 50.3 Å². The first kappa shape index (κ1) is 19.1. The number of amides is 1. The molecule has 0 aliphatic heterocycles. The van der Waals surface area contributed by atoms with Crippen molar-refractivity contribution in [3.63, 3.8) is 0 Å². The highest BCUT2D eigenvalue weighted by Gasteiger charge is 2.21. The molecule has 1 aliphatic carbocycles. The third-order valence-corrected chi connectivity index (χ3v) is 7.29. The van der Waals surface area contributed by atoms with E-state index in [4.69, 9.17) is 0 Å². The summed E-state index contributed by atoms with van der Waals surface area (Å²) in [7, 11) is 0. The van der Waals surface area contributed by atoms with E-state index in [0.29, 0.717) is 6.04 Å². The Labute approximate surface area is 152 Å². The van der Waals surface area contributed by atoms with Gasteiger partial charge < -0.3 is 5.32 Å². The molecular formula is C16H27N3OS3. The molecule has 1 saturated carbocycles. The van der Waals surface area contributed by atoms with Crippen molar-refractivity contribution in [2.45, 2.75) is 85.2 Å². The van der Waals surface area contributed by atoms with E-state index in [1.54, 1.807) is 23.1 Å². The quantitative estimate of drug-likeness (QED) is 0.405. The van der Waals surface area contributed by atoms with Crippen LogP contribution in [-0.2, 0) is 4.79 Å². The van der Waals surface area contributed by atoms with Crippen LogP contribution in [0.2, 0.25) is 0 Å². The van der Waals surface area contributed by atoms with Crippen molar-refractivity contribution in [1.82, 2.24) is 15.5 Å². The Morgan fingerprint density at radius 1 is 1.26 bits per heavy atom. The molecule has 0 saturated heterocycles. The number of carbonyl (C=O) groups is 1. The first-order valence-electron chi connectivity index (χ1n) is 8.62. The summed E-state index contributed by atoms with van der Waals surface area (Å²) in [5.41, 5.74) is 0. The van der Waals surface area contributed by atoms with E-state index in [9.17, 15) is 4.79 Å². The Bertz CT molecular complexity index is 473. The number of unbranched alkanes of at least 4 members (excludes halogenated alkanes) is 1. The van der Waals surface area contributed by atoms with E-state index in [1.807, 2.05) is 6.92 Å². The molecule has 1 N–H and O–H groups in total. The number of carbonyl (C=O) groups excluding carboxylic acids is 1. The number of nitrogens with one attached hydrogen (secondary N) is 1. The number of aromatic nitrogens is 2. The zero-order chi connectivity index (χ0) is 16.5. The number of thioether (sulfide) groups is 2. The number of nitrogens with zero attached hydrogens (tertiary/aromatic N) is 2. The smallest absolute Gasteiger partial charge is 0.233 e. The van der Waals surface area contributed by atoms with Gasteiger partial charge in [0, 0.05) is 11.8 Å². The topological polar surface area (TPSA) is 54.9 Å². The fourth-order valence-electron chi connectivity index (χ4n) is 2.55. The Hall–Kier alpha value is -0.270. The second-order valence-corrected chi connectivity index (χ2v) is 9.90. The van der Waals surface area contributed by atoms with Gasteiger partial charge in [0.1, 0.15) is 0 Å². The molecule has 0 aromatic carbocycles.